The predicted octanol–water partition coefficient (Wildman–Crippen LogP) is 8.48. The molecule has 0 fully saturated rings. The highest BCUT2D eigenvalue weighted by molar-refractivity contribution is 5.92. The van der Waals surface area contributed by atoms with Crippen molar-refractivity contribution >= 4 is 40.0 Å². The number of nitrogens with zero attached hydrogens (tertiary/aromatic N) is 1. The fourth-order valence-electron chi connectivity index (χ4n) is 3.92. The average molecular weight is 398 g/mol. The summed E-state index contributed by atoms with van der Waals surface area (Å²) < 4.78 is 0. The van der Waals surface area contributed by atoms with Crippen LogP contribution < -0.4 is 4.90 Å². The lowest BCUT2D eigenvalue weighted by Gasteiger charge is -2.25. The molecule has 31 heavy (non-hydrogen) atoms. The summed E-state index contributed by atoms with van der Waals surface area (Å²) in [7, 11) is 0. The van der Waals surface area contributed by atoms with Gasteiger partial charge in [-0.05, 0) is 58.3 Å². The number of hydrogen-bond donors (Lipinski definition) is 0. The maximum Gasteiger partial charge on any atom is 0.0462 e. The smallest absolute Gasteiger partial charge is 0.0462 e. The summed E-state index contributed by atoms with van der Waals surface area (Å²) in [6, 6.07) is 44.6. The Kier molecular flexibility index (Phi) is 5.32. The highest BCUT2D eigenvalue weighted by Crippen LogP contribution is 2.34. The van der Waals surface area contributed by atoms with E-state index >= 15 is 0 Å². The first-order chi connectivity index (χ1) is 15.4. The Morgan fingerprint density at radius 1 is 0.419 bits per heavy atom. The van der Waals surface area contributed by atoms with E-state index in [0.29, 0.717) is 0 Å². The summed E-state index contributed by atoms with van der Waals surface area (Å²) in [6.45, 7) is 0. The van der Waals surface area contributed by atoms with Gasteiger partial charge in [0.25, 0.3) is 0 Å². The monoisotopic (exact) mass is 397 g/mol. The zero-order valence-corrected chi connectivity index (χ0v) is 17.2. The maximum atomic E-state index is 2.28. The Morgan fingerprint density at radius 2 is 0.968 bits per heavy atom. The molecule has 1 nitrogen and oxygen atoms in total. The molecule has 0 atom stereocenters. The van der Waals surface area contributed by atoms with Gasteiger partial charge in [0.2, 0.25) is 0 Å². The third kappa shape index (κ3) is 4.12. The second-order valence-electron chi connectivity index (χ2n) is 7.50. The van der Waals surface area contributed by atoms with Crippen LogP contribution in [0.15, 0.2) is 127 Å². The fourth-order valence-corrected chi connectivity index (χ4v) is 3.92. The summed E-state index contributed by atoms with van der Waals surface area (Å²) >= 11 is 0. The summed E-state index contributed by atoms with van der Waals surface area (Å²) in [6.07, 6.45) is 4.38. The second kappa shape index (κ2) is 8.73. The number of benzene rings is 5. The Hall–Kier alpha value is -4.10. The molecule has 0 bridgehead atoms. The molecule has 0 N–H and O–H groups in total. The maximum absolute atomic E-state index is 2.28. The summed E-state index contributed by atoms with van der Waals surface area (Å²) in [5.74, 6) is 0. The van der Waals surface area contributed by atoms with E-state index < -0.39 is 0 Å². The molecule has 5 aromatic rings. The standard InChI is InChI=1S/C30H23N/c1-3-13-27(14-4-1)31(28-15-5-2-6-16-28)29-22-19-24(20-23-29)18-21-26-12-9-11-25-10-7-8-17-30(25)26/h1-23H/b21-18+. The van der Waals surface area contributed by atoms with Crippen molar-refractivity contribution in [2.45, 2.75) is 0 Å². The van der Waals surface area contributed by atoms with Crippen LogP contribution in [0.5, 0.6) is 0 Å². The summed E-state index contributed by atoms with van der Waals surface area (Å²) in [4.78, 5) is 2.28. The van der Waals surface area contributed by atoms with Crippen molar-refractivity contribution in [1.82, 2.24) is 0 Å². The minimum absolute atomic E-state index is 1.14. The van der Waals surface area contributed by atoms with Gasteiger partial charge in [-0.2, -0.15) is 0 Å². The van der Waals surface area contributed by atoms with E-state index in [4.69, 9.17) is 0 Å². The Bertz CT molecular complexity index is 1260. The Balaban J connectivity index is 1.46. The van der Waals surface area contributed by atoms with E-state index in [9.17, 15) is 0 Å². The molecule has 5 rings (SSSR count). The largest absolute Gasteiger partial charge is 0.311 e. The Labute approximate surface area is 183 Å². The van der Waals surface area contributed by atoms with Gasteiger partial charge in [0.15, 0.2) is 0 Å². The first-order valence-electron chi connectivity index (χ1n) is 10.5. The van der Waals surface area contributed by atoms with Crippen molar-refractivity contribution in [3.05, 3.63) is 139 Å². The van der Waals surface area contributed by atoms with Crippen LogP contribution in [-0.2, 0) is 0 Å². The van der Waals surface area contributed by atoms with Gasteiger partial charge in [-0.25, -0.2) is 0 Å². The van der Waals surface area contributed by atoms with E-state index in [0.717, 1.165) is 17.1 Å². The van der Waals surface area contributed by atoms with Gasteiger partial charge in [0, 0.05) is 17.1 Å². The summed E-state index contributed by atoms with van der Waals surface area (Å²) in [5, 5.41) is 2.54. The topological polar surface area (TPSA) is 3.24 Å². The fraction of sp³-hybridized carbons (Fsp3) is 0. The molecular weight excluding hydrogens is 374 g/mol. The van der Waals surface area contributed by atoms with Crippen LogP contribution in [0.1, 0.15) is 11.1 Å². The van der Waals surface area contributed by atoms with Crippen LogP contribution in [0.3, 0.4) is 0 Å². The van der Waals surface area contributed by atoms with Crippen molar-refractivity contribution in [2.24, 2.45) is 0 Å². The molecular formula is C30H23N. The highest BCUT2D eigenvalue weighted by Gasteiger charge is 2.11. The van der Waals surface area contributed by atoms with Crippen molar-refractivity contribution in [1.29, 1.82) is 0 Å². The average Bonchev–Trinajstić information content (AvgIpc) is 2.85. The number of fused-ring (bicyclic) bond motifs is 1. The van der Waals surface area contributed by atoms with E-state index in [-0.39, 0.29) is 0 Å². The van der Waals surface area contributed by atoms with Gasteiger partial charge >= 0.3 is 0 Å². The zero-order valence-electron chi connectivity index (χ0n) is 17.2. The van der Waals surface area contributed by atoms with Gasteiger partial charge < -0.3 is 4.90 Å². The van der Waals surface area contributed by atoms with Crippen molar-refractivity contribution in [2.75, 3.05) is 4.90 Å². The highest BCUT2D eigenvalue weighted by atomic mass is 15.1. The normalized spacial score (nSPS) is 11.1. The van der Waals surface area contributed by atoms with Crippen molar-refractivity contribution in [3.8, 4) is 0 Å². The molecule has 0 unspecified atom stereocenters. The number of hydrogen-bond acceptors (Lipinski definition) is 1. The van der Waals surface area contributed by atoms with Crippen LogP contribution >= 0.6 is 0 Å². The predicted molar refractivity (Wildman–Crippen MR) is 134 cm³/mol. The quantitative estimate of drug-likeness (QED) is 0.269. The lowest BCUT2D eigenvalue weighted by Crippen LogP contribution is -2.09. The minimum atomic E-state index is 1.14. The molecule has 0 heterocycles. The SMILES string of the molecule is C(=C\c1cccc2ccccc12)/c1ccc(N(c2ccccc2)c2ccccc2)cc1. The molecule has 0 aliphatic heterocycles. The molecule has 0 radical (unpaired) electrons. The van der Waals surface area contributed by atoms with E-state index in [1.807, 2.05) is 12.1 Å². The molecule has 0 aliphatic rings. The molecule has 0 aliphatic carbocycles. The molecule has 0 aromatic heterocycles. The van der Waals surface area contributed by atoms with Crippen LogP contribution in [0.2, 0.25) is 0 Å². The summed E-state index contributed by atoms with van der Waals surface area (Å²) in [5.41, 5.74) is 5.84. The molecule has 0 saturated carbocycles. The lowest BCUT2D eigenvalue weighted by atomic mass is 10.0. The molecule has 1 heteroatoms. The first kappa shape index (κ1) is 18.9. The van der Waals surface area contributed by atoms with Crippen molar-refractivity contribution in [3.63, 3.8) is 0 Å². The van der Waals surface area contributed by atoms with Gasteiger partial charge in [0.05, 0.1) is 0 Å². The molecule has 0 saturated heterocycles. The third-order valence-corrected chi connectivity index (χ3v) is 5.46. The van der Waals surface area contributed by atoms with Crippen LogP contribution in [0.25, 0.3) is 22.9 Å². The van der Waals surface area contributed by atoms with Gasteiger partial charge in [-0.15, -0.1) is 0 Å². The first-order valence-corrected chi connectivity index (χ1v) is 10.5. The van der Waals surface area contributed by atoms with E-state index in [1.165, 1.54) is 21.9 Å². The number of para-hydroxylation sites is 2. The lowest BCUT2D eigenvalue weighted by molar-refractivity contribution is 1.28. The van der Waals surface area contributed by atoms with Gasteiger partial charge in [0.1, 0.15) is 0 Å². The number of rotatable bonds is 5. The van der Waals surface area contributed by atoms with Crippen LogP contribution in [0.4, 0.5) is 17.1 Å². The van der Waals surface area contributed by atoms with Crippen molar-refractivity contribution < 1.29 is 0 Å². The number of anilines is 3. The molecule has 0 spiro atoms. The van der Waals surface area contributed by atoms with Crippen LogP contribution in [-0.4, -0.2) is 0 Å². The Morgan fingerprint density at radius 3 is 1.65 bits per heavy atom. The van der Waals surface area contributed by atoms with E-state index in [1.54, 1.807) is 0 Å². The molecule has 5 aromatic carbocycles. The minimum Gasteiger partial charge on any atom is -0.311 e. The molecule has 148 valence electrons. The van der Waals surface area contributed by atoms with Gasteiger partial charge in [-0.1, -0.05) is 103 Å². The van der Waals surface area contributed by atoms with E-state index in [2.05, 4.69) is 132 Å². The third-order valence-electron chi connectivity index (χ3n) is 5.46. The second-order valence-corrected chi connectivity index (χ2v) is 7.50. The van der Waals surface area contributed by atoms with Crippen LogP contribution in [0, 0.1) is 0 Å². The molecule has 0 amide bonds. The zero-order chi connectivity index (χ0) is 20.9. The van der Waals surface area contributed by atoms with Gasteiger partial charge in [-0.3, -0.25) is 0 Å².